The number of aliphatic imine (C=N–C) groups is 1. The SMILES string of the molecule is COC(=O)CC[C@@H](C#C[Si](C)(C)C)N=Cc1ccccc1. The molecule has 4 heteroatoms. The molecule has 3 nitrogen and oxygen atoms in total. The van der Waals surface area contributed by atoms with Crippen molar-refractivity contribution in [1.29, 1.82) is 0 Å². The third kappa shape index (κ3) is 8.11. The minimum absolute atomic E-state index is 0.156. The first-order valence-electron chi connectivity index (χ1n) is 7.08. The van der Waals surface area contributed by atoms with Gasteiger partial charge in [0.25, 0.3) is 0 Å². The van der Waals surface area contributed by atoms with Crippen molar-refractivity contribution in [3.05, 3.63) is 35.9 Å². The highest BCUT2D eigenvalue weighted by Gasteiger charge is 2.11. The van der Waals surface area contributed by atoms with Gasteiger partial charge < -0.3 is 4.74 Å². The van der Waals surface area contributed by atoms with Gasteiger partial charge in [-0.2, -0.15) is 0 Å². The zero-order valence-corrected chi connectivity index (χ0v) is 14.2. The van der Waals surface area contributed by atoms with E-state index in [1.54, 1.807) is 0 Å². The molecule has 0 saturated carbocycles. The molecule has 1 rings (SSSR count). The van der Waals surface area contributed by atoms with Crippen LogP contribution in [0.5, 0.6) is 0 Å². The molecule has 0 unspecified atom stereocenters. The highest BCUT2D eigenvalue weighted by molar-refractivity contribution is 6.83. The second kappa shape index (κ2) is 8.43. The fraction of sp³-hybridized carbons (Fsp3) is 0.412. The monoisotopic (exact) mass is 301 g/mol. The molecule has 0 spiro atoms. The summed E-state index contributed by atoms with van der Waals surface area (Å²) in [6.45, 7) is 6.58. The summed E-state index contributed by atoms with van der Waals surface area (Å²) in [5.74, 6) is 3.00. The minimum Gasteiger partial charge on any atom is -0.469 e. The normalized spacial score (nSPS) is 12.6. The van der Waals surface area contributed by atoms with E-state index in [2.05, 4.69) is 40.8 Å². The lowest BCUT2D eigenvalue weighted by molar-refractivity contribution is -0.140. The maximum Gasteiger partial charge on any atom is 0.305 e. The van der Waals surface area contributed by atoms with Gasteiger partial charge in [0, 0.05) is 12.6 Å². The fourth-order valence-electron chi connectivity index (χ4n) is 1.56. The molecule has 0 fully saturated rings. The maximum atomic E-state index is 11.3. The average molecular weight is 301 g/mol. The summed E-state index contributed by atoms with van der Waals surface area (Å²) >= 11 is 0. The third-order valence-corrected chi connectivity index (χ3v) is 3.56. The molecule has 1 atom stereocenters. The molecule has 0 aliphatic heterocycles. The fourth-order valence-corrected chi connectivity index (χ4v) is 2.16. The zero-order valence-electron chi connectivity index (χ0n) is 13.2. The van der Waals surface area contributed by atoms with Crippen LogP contribution in [0.4, 0.5) is 0 Å². The first kappa shape index (κ1) is 17.2. The van der Waals surface area contributed by atoms with Gasteiger partial charge in [0.15, 0.2) is 0 Å². The Labute approximate surface area is 128 Å². The third-order valence-electron chi connectivity index (χ3n) is 2.67. The van der Waals surface area contributed by atoms with Crippen LogP contribution < -0.4 is 0 Å². The number of nitrogens with zero attached hydrogens (tertiary/aromatic N) is 1. The van der Waals surface area contributed by atoms with E-state index >= 15 is 0 Å². The zero-order chi connectivity index (χ0) is 15.7. The van der Waals surface area contributed by atoms with Crippen LogP contribution in [0.2, 0.25) is 19.6 Å². The van der Waals surface area contributed by atoms with Crippen LogP contribution in [0.1, 0.15) is 18.4 Å². The number of hydrogen-bond acceptors (Lipinski definition) is 3. The van der Waals surface area contributed by atoms with Crippen molar-refractivity contribution in [1.82, 2.24) is 0 Å². The van der Waals surface area contributed by atoms with Gasteiger partial charge in [0.05, 0.1) is 7.11 Å². The van der Waals surface area contributed by atoms with Crippen LogP contribution in [0, 0.1) is 11.5 Å². The molecular weight excluding hydrogens is 278 g/mol. The topological polar surface area (TPSA) is 38.7 Å². The molecule has 112 valence electrons. The van der Waals surface area contributed by atoms with E-state index in [9.17, 15) is 4.79 Å². The number of methoxy groups -OCH3 is 1. The highest BCUT2D eigenvalue weighted by Crippen LogP contribution is 2.05. The summed E-state index contributed by atoms with van der Waals surface area (Å²) < 4.78 is 4.68. The summed E-state index contributed by atoms with van der Waals surface area (Å²) in [4.78, 5) is 15.8. The Bertz CT molecular complexity index is 535. The summed E-state index contributed by atoms with van der Waals surface area (Å²) in [6, 6.07) is 9.74. The molecule has 0 aliphatic rings. The van der Waals surface area contributed by atoms with Crippen LogP contribution in [-0.4, -0.2) is 33.4 Å². The standard InChI is InChI=1S/C17H23NO2Si/c1-20-17(19)11-10-16(12-13-21(2,3)4)18-14-15-8-6-5-7-9-15/h5-9,14,16H,10-11H2,1-4H3/t16-/m0/s1. The molecule has 21 heavy (non-hydrogen) atoms. The molecule has 1 aromatic rings. The van der Waals surface area contributed by atoms with Gasteiger partial charge in [-0.3, -0.25) is 9.79 Å². The molecule has 1 aromatic carbocycles. The van der Waals surface area contributed by atoms with Gasteiger partial charge in [-0.25, -0.2) is 0 Å². The second-order valence-electron chi connectivity index (χ2n) is 5.84. The second-order valence-corrected chi connectivity index (χ2v) is 10.6. The number of carbonyl (C=O) groups is 1. The Balaban J connectivity index is 2.78. The summed E-state index contributed by atoms with van der Waals surface area (Å²) in [5, 5.41) is 0. The van der Waals surface area contributed by atoms with Crippen molar-refractivity contribution in [2.75, 3.05) is 7.11 Å². The number of benzene rings is 1. The van der Waals surface area contributed by atoms with Crippen molar-refractivity contribution in [3.8, 4) is 11.5 Å². The van der Waals surface area contributed by atoms with Gasteiger partial charge in [-0.05, 0) is 12.0 Å². The molecule has 0 saturated heterocycles. The van der Waals surface area contributed by atoms with Crippen molar-refractivity contribution in [2.45, 2.75) is 38.5 Å². The van der Waals surface area contributed by atoms with Gasteiger partial charge in [-0.1, -0.05) is 55.9 Å². The first-order chi connectivity index (χ1) is 9.90. The molecule has 0 radical (unpaired) electrons. The summed E-state index contributed by atoms with van der Waals surface area (Å²) in [7, 11) is -0.0429. The molecule has 0 heterocycles. The number of ether oxygens (including phenoxy) is 1. The smallest absolute Gasteiger partial charge is 0.305 e. The van der Waals surface area contributed by atoms with Crippen LogP contribution in [0.25, 0.3) is 0 Å². The number of carbonyl (C=O) groups excluding carboxylic acids is 1. The van der Waals surface area contributed by atoms with Crippen molar-refractivity contribution in [3.63, 3.8) is 0 Å². The number of esters is 1. The van der Waals surface area contributed by atoms with E-state index in [-0.39, 0.29) is 12.0 Å². The molecule has 0 amide bonds. The molecular formula is C17H23NO2Si. The Kier molecular flexibility index (Phi) is 6.90. The number of rotatable bonds is 5. The van der Waals surface area contributed by atoms with E-state index in [1.807, 2.05) is 36.5 Å². The quantitative estimate of drug-likeness (QED) is 0.362. The van der Waals surface area contributed by atoms with Crippen LogP contribution in [-0.2, 0) is 9.53 Å². The Hall–Kier alpha value is -1.86. The Morgan fingerprint density at radius 3 is 2.57 bits per heavy atom. The van der Waals surface area contributed by atoms with E-state index < -0.39 is 8.07 Å². The average Bonchev–Trinajstić information content (AvgIpc) is 2.46. The summed E-state index contributed by atoms with van der Waals surface area (Å²) in [6.07, 6.45) is 2.75. The van der Waals surface area contributed by atoms with Crippen molar-refractivity contribution < 1.29 is 9.53 Å². The Morgan fingerprint density at radius 1 is 1.33 bits per heavy atom. The van der Waals surface area contributed by atoms with Crippen LogP contribution in [0.15, 0.2) is 35.3 Å². The summed E-state index contributed by atoms with van der Waals surface area (Å²) in [5.41, 5.74) is 4.36. The van der Waals surface area contributed by atoms with Gasteiger partial charge >= 0.3 is 5.97 Å². The van der Waals surface area contributed by atoms with Crippen molar-refractivity contribution >= 4 is 20.3 Å². The molecule has 0 aromatic heterocycles. The molecule has 0 N–H and O–H groups in total. The largest absolute Gasteiger partial charge is 0.469 e. The lowest BCUT2D eigenvalue weighted by atomic mass is 10.1. The molecule has 0 aliphatic carbocycles. The lowest BCUT2D eigenvalue weighted by Crippen LogP contribution is -2.18. The van der Waals surface area contributed by atoms with Crippen LogP contribution in [0.3, 0.4) is 0 Å². The Morgan fingerprint density at radius 2 is 2.00 bits per heavy atom. The predicted octanol–water partition coefficient (Wildman–Crippen LogP) is 3.31. The molecule has 0 bridgehead atoms. The van der Waals surface area contributed by atoms with Gasteiger partial charge in [-0.15, -0.1) is 5.54 Å². The maximum absolute atomic E-state index is 11.3. The van der Waals surface area contributed by atoms with E-state index in [0.29, 0.717) is 12.8 Å². The van der Waals surface area contributed by atoms with Gasteiger partial charge in [0.2, 0.25) is 0 Å². The van der Waals surface area contributed by atoms with Crippen molar-refractivity contribution in [2.24, 2.45) is 4.99 Å². The predicted molar refractivity (Wildman–Crippen MR) is 90.2 cm³/mol. The number of hydrogen-bond donors (Lipinski definition) is 0. The lowest BCUT2D eigenvalue weighted by Gasteiger charge is -2.08. The van der Waals surface area contributed by atoms with E-state index in [4.69, 9.17) is 0 Å². The van der Waals surface area contributed by atoms with Gasteiger partial charge in [0.1, 0.15) is 14.1 Å². The minimum atomic E-state index is -1.44. The van der Waals surface area contributed by atoms with E-state index in [1.165, 1.54) is 7.11 Å². The highest BCUT2D eigenvalue weighted by atomic mass is 28.3. The van der Waals surface area contributed by atoms with E-state index in [0.717, 1.165) is 5.56 Å². The van der Waals surface area contributed by atoms with Crippen LogP contribution >= 0.6 is 0 Å². The first-order valence-corrected chi connectivity index (χ1v) is 10.6.